The van der Waals surface area contributed by atoms with Gasteiger partial charge in [-0.1, -0.05) is 0 Å². The monoisotopic (exact) mass is 770 g/mol. The molecule has 0 rings (SSSR count). The van der Waals surface area contributed by atoms with Crippen LogP contribution in [0.25, 0.3) is 0 Å². The molecule has 0 heterocycles. The van der Waals surface area contributed by atoms with Crippen LogP contribution in [0.15, 0.2) is 0 Å². The normalized spacial score (nSPS) is 12.4. The summed E-state index contributed by atoms with van der Waals surface area (Å²) in [5, 5.41) is 0. The molecule has 0 aromatic heterocycles. The number of carbonyl (C=O) groups excluding carboxylic acids is 2. The SMILES string of the molecule is CCC[CH2][Sn]([CH2]CCC)([O][Sn]([CH2]CCC)([CH2]CCC)[C](=O)OCCCCC(C)C)[C](=O)OCCCCC(C)C. The molecule has 0 bridgehead atoms. The molecule has 0 aromatic rings. The van der Waals surface area contributed by atoms with Crippen LogP contribution in [-0.4, -0.2) is 58.8 Å². The summed E-state index contributed by atoms with van der Waals surface area (Å²) in [6.07, 6.45) is 14.3. The van der Waals surface area contributed by atoms with Gasteiger partial charge in [0.1, 0.15) is 0 Å². The molecule has 0 spiro atoms. The molecule has 0 saturated carbocycles. The van der Waals surface area contributed by atoms with Crippen molar-refractivity contribution >= 4 is 45.6 Å². The van der Waals surface area contributed by atoms with Crippen molar-refractivity contribution in [3.05, 3.63) is 0 Å². The Morgan fingerprint density at radius 2 is 0.821 bits per heavy atom. The maximum absolute atomic E-state index is 14.0. The molecule has 7 heteroatoms. The predicted octanol–water partition coefficient (Wildman–Crippen LogP) is 11.2. The summed E-state index contributed by atoms with van der Waals surface area (Å²) < 4.78 is 22.9. The first-order valence-corrected chi connectivity index (χ1v) is 29.9. The van der Waals surface area contributed by atoms with Crippen LogP contribution in [-0.2, 0) is 10.9 Å². The first-order valence-electron chi connectivity index (χ1n) is 16.7. The van der Waals surface area contributed by atoms with Crippen molar-refractivity contribution in [3.8, 4) is 0 Å². The first-order chi connectivity index (χ1) is 18.6. The van der Waals surface area contributed by atoms with Crippen molar-refractivity contribution in [3.63, 3.8) is 0 Å². The molecule has 0 radical (unpaired) electrons. The van der Waals surface area contributed by atoms with Gasteiger partial charge in [0.15, 0.2) is 0 Å². The average Bonchev–Trinajstić information content (AvgIpc) is 2.90. The number of hydrogen-bond donors (Lipinski definition) is 0. The Kier molecular flexibility index (Phi) is 24.3. The molecule has 0 fully saturated rings. The first kappa shape index (κ1) is 39.5. The molecule has 0 saturated heterocycles. The summed E-state index contributed by atoms with van der Waals surface area (Å²) in [4.78, 5) is 28.0. The van der Waals surface area contributed by atoms with Crippen molar-refractivity contribution in [1.82, 2.24) is 0 Å². The van der Waals surface area contributed by atoms with Gasteiger partial charge in [0.05, 0.1) is 0 Å². The summed E-state index contributed by atoms with van der Waals surface area (Å²) in [5.41, 5.74) is 0. The molecule has 232 valence electrons. The van der Waals surface area contributed by atoms with Crippen LogP contribution in [0.5, 0.6) is 0 Å². The minimum atomic E-state index is -3.95. The van der Waals surface area contributed by atoms with Gasteiger partial charge in [-0.05, 0) is 0 Å². The van der Waals surface area contributed by atoms with Crippen LogP contribution in [0.2, 0.25) is 17.7 Å². The number of carbonyl (C=O) groups is 2. The van der Waals surface area contributed by atoms with Crippen LogP contribution in [0.3, 0.4) is 0 Å². The van der Waals surface area contributed by atoms with Gasteiger partial charge in [-0.25, -0.2) is 0 Å². The van der Waals surface area contributed by atoms with Crippen molar-refractivity contribution in [1.29, 1.82) is 0 Å². The number of unbranched alkanes of at least 4 members (excludes halogenated alkanes) is 6. The van der Waals surface area contributed by atoms with Crippen molar-refractivity contribution in [2.24, 2.45) is 11.8 Å². The summed E-state index contributed by atoms with van der Waals surface area (Å²) in [7, 11) is 0. The zero-order valence-corrected chi connectivity index (χ0v) is 33.0. The van der Waals surface area contributed by atoms with Crippen molar-refractivity contribution in [2.45, 2.75) is 163 Å². The van der Waals surface area contributed by atoms with Gasteiger partial charge in [-0.2, -0.15) is 0 Å². The molecular formula is C32H66O5Sn2. The van der Waals surface area contributed by atoms with Crippen LogP contribution in [0.4, 0.5) is 9.59 Å². The molecule has 0 unspecified atom stereocenters. The Balaban J connectivity index is 6.09. The summed E-state index contributed by atoms with van der Waals surface area (Å²) in [5.74, 6) is 1.33. The quantitative estimate of drug-likeness (QED) is 0.0648. The van der Waals surface area contributed by atoms with E-state index in [-0.39, 0.29) is 7.97 Å². The predicted molar refractivity (Wildman–Crippen MR) is 172 cm³/mol. The second kappa shape index (κ2) is 24.0. The molecule has 0 N–H and O–H groups in total. The third-order valence-corrected chi connectivity index (χ3v) is 43.2. The fraction of sp³-hybridized carbons (Fsp3) is 0.938. The van der Waals surface area contributed by atoms with E-state index in [1.54, 1.807) is 0 Å². The Morgan fingerprint density at radius 3 is 1.08 bits per heavy atom. The van der Waals surface area contributed by atoms with Crippen LogP contribution < -0.4 is 0 Å². The molecule has 0 aliphatic heterocycles. The average molecular weight is 768 g/mol. The molecular weight excluding hydrogens is 702 g/mol. The summed E-state index contributed by atoms with van der Waals surface area (Å²) in [6.45, 7) is 18.6. The number of rotatable bonds is 26. The molecule has 0 aliphatic rings. The summed E-state index contributed by atoms with van der Waals surface area (Å²) >= 11 is -7.91. The van der Waals surface area contributed by atoms with Gasteiger partial charge >= 0.3 is 254 Å². The van der Waals surface area contributed by atoms with Gasteiger partial charge in [0, 0.05) is 0 Å². The second-order valence-corrected chi connectivity index (χ2v) is 36.4. The topological polar surface area (TPSA) is 61.8 Å². The third-order valence-electron chi connectivity index (χ3n) is 7.69. The molecule has 0 aliphatic carbocycles. The van der Waals surface area contributed by atoms with E-state index in [0.29, 0.717) is 25.0 Å². The Bertz CT molecular complexity index is 556. The van der Waals surface area contributed by atoms with E-state index in [1.807, 2.05) is 0 Å². The fourth-order valence-corrected chi connectivity index (χ4v) is 50.6. The van der Waals surface area contributed by atoms with Crippen LogP contribution in [0.1, 0.15) is 145 Å². The fourth-order valence-electron chi connectivity index (χ4n) is 5.07. The van der Waals surface area contributed by atoms with Crippen LogP contribution in [0, 0.1) is 11.8 Å². The van der Waals surface area contributed by atoms with Crippen molar-refractivity contribution in [2.75, 3.05) is 13.2 Å². The van der Waals surface area contributed by atoms with Gasteiger partial charge in [-0.15, -0.1) is 0 Å². The molecule has 5 nitrogen and oxygen atoms in total. The zero-order valence-electron chi connectivity index (χ0n) is 27.3. The Labute approximate surface area is 252 Å². The molecule has 0 amide bonds. The van der Waals surface area contributed by atoms with E-state index < -0.39 is 37.6 Å². The van der Waals surface area contributed by atoms with Crippen LogP contribution >= 0.6 is 0 Å². The van der Waals surface area contributed by atoms with E-state index in [1.165, 1.54) is 0 Å². The van der Waals surface area contributed by atoms with E-state index >= 15 is 0 Å². The molecule has 0 aromatic carbocycles. The number of hydrogen-bond acceptors (Lipinski definition) is 5. The van der Waals surface area contributed by atoms with Gasteiger partial charge in [-0.3, -0.25) is 0 Å². The van der Waals surface area contributed by atoms with Crippen molar-refractivity contribution < 1.29 is 20.5 Å². The summed E-state index contributed by atoms with van der Waals surface area (Å²) in [6, 6.07) is 0. The second-order valence-electron chi connectivity index (χ2n) is 12.6. The molecule has 0 atom stereocenters. The van der Waals surface area contributed by atoms with E-state index in [9.17, 15) is 9.59 Å². The maximum atomic E-state index is 14.0. The van der Waals surface area contributed by atoms with E-state index in [2.05, 4.69) is 55.4 Å². The number of ether oxygens (including phenoxy) is 2. The third kappa shape index (κ3) is 17.3. The Morgan fingerprint density at radius 1 is 0.513 bits per heavy atom. The standard InChI is InChI=1S/2C8H15O2.4C4H9.O.2Sn/c2*1-8(2)5-3-4-6-10-7-9;4*1-3-4-2;;;/h2*8H,3-6H2,1-2H3;4*1,3-4H2,2H3;;;. The van der Waals surface area contributed by atoms with Gasteiger partial charge < -0.3 is 0 Å². The van der Waals surface area contributed by atoms with Gasteiger partial charge in [0.2, 0.25) is 0 Å². The van der Waals surface area contributed by atoms with E-state index in [4.69, 9.17) is 10.9 Å². The minimum absolute atomic E-state index is 0.0189. The van der Waals surface area contributed by atoms with E-state index in [0.717, 1.165) is 108 Å². The zero-order chi connectivity index (χ0) is 29.6. The Hall–Kier alpha value is 0.497. The molecule has 39 heavy (non-hydrogen) atoms. The van der Waals surface area contributed by atoms with Gasteiger partial charge in [0.25, 0.3) is 0 Å².